The molecule has 2 aliphatic carbocycles. The predicted molar refractivity (Wildman–Crippen MR) is 229 cm³/mol. The van der Waals surface area contributed by atoms with Crippen LogP contribution in [0.1, 0.15) is 92.9 Å². The first-order valence-corrected chi connectivity index (χ1v) is 21.1. The summed E-state index contributed by atoms with van der Waals surface area (Å²) in [6.45, 7) is 1.00. The van der Waals surface area contributed by atoms with Crippen LogP contribution in [0.4, 0.5) is 5.69 Å². The number of carbonyl (C=O) groups is 5. The van der Waals surface area contributed by atoms with E-state index in [9.17, 15) is 24.0 Å². The van der Waals surface area contributed by atoms with Crippen LogP contribution in [0.15, 0.2) is 115 Å². The van der Waals surface area contributed by atoms with Crippen LogP contribution in [-0.2, 0) is 24.0 Å². The molecule has 308 valence electrons. The van der Waals surface area contributed by atoms with E-state index in [0.717, 1.165) is 77.9 Å². The molecule has 60 heavy (non-hydrogen) atoms. The molecule has 3 fully saturated rings. The Morgan fingerprint density at radius 3 is 1.85 bits per heavy atom. The highest BCUT2D eigenvalue weighted by Crippen LogP contribution is 2.36. The summed E-state index contributed by atoms with van der Waals surface area (Å²) < 4.78 is 0. The Kier molecular flexibility index (Phi) is 12.5. The van der Waals surface area contributed by atoms with Crippen LogP contribution in [0.2, 0.25) is 0 Å². The van der Waals surface area contributed by atoms with Crippen molar-refractivity contribution in [3.63, 3.8) is 0 Å². The molecule has 0 radical (unpaired) electrons. The number of benzene rings is 4. The standard InChI is InChI=1S/C48H51N7O5/c56-41(15-7-8-28-49-47(59)42(34-10-3-1-4-11-34)53-45(57)36-20-21-36)51-38-26-24-32(25-27-38)31-16-18-33(19-17-31)39-30-50-44(52-39)40-14-9-29-55(40)48(60)43(35-12-5-2-6-13-35)54-46(58)37-22-23-37/h1-6,10-13,16-19,24-27,30,36-37,40,42-43H,7-9,14-15,20-23,28-29H2,(H,49,59)(H,50,52)(H,51,56)(H,53,57)(H,54,58). The number of aromatic amines is 1. The van der Waals surface area contributed by atoms with Gasteiger partial charge in [0.15, 0.2) is 0 Å². The summed E-state index contributed by atoms with van der Waals surface area (Å²) in [6, 6.07) is 32.9. The van der Waals surface area contributed by atoms with Crippen molar-refractivity contribution >= 4 is 35.2 Å². The number of rotatable bonds is 17. The Morgan fingerprint density at radius 1 is 0.667 bits per heavy atom. The molecule has 5 N–H and O–H groups in total. The lowest BCUT2D eigenvalue weighted by Crippen LogP contribution is -2.43. The Labute approximate surface area is 350 Å². The molecule has 12 nitrogen and oxygen atoms in total. The molecule has 4 aromatic carbocycles. The zero-order valence-corrected chi connectivity index (χ0v) is 33.6. The van der Waals surface area contributed by atoms with Crippen LogP contribution in [0.5, 0.6) is 0 Å². The number of anilines is 1. The Morgan fingerprint density at radius 2 is 1.23 bits per heavy atom. The minimum atomic E-state index is -0.741. The summed E-state index contributed by atoms with van der Waals surface area (Å²) in [5.74, 6) is 0.107. The number of H-pyrrole nitrogens is 1. The number of unbranched alkanes of at least 4 members (excludes halogenated alkanes) is 1. The minimum absolute atomic E-state index is 0.000606. The molecule has 5 aromatic rings. The highest BCUT2D eigenvalue weighted by molar-refractivity contribution is 5.92. The second kappa shape index (κ2) is 18.6. The van der Waals surface area contributed by atoms with Crippen LogP contribution in [-0.4, -0.2) is 57.5 Å². The summed E-state index contributed by atoms with van der Waals surface area (Å²) in [5, 5.41) is 11.8. The molecule has 2 saturated carbocycles. The van der Waals surface area contributed by atoms with Crippen LogP contribution >= 0.6 is 0 Å². The van der Waals surface area contributed by atoms with E-state index in [1.54, 1.807) is 6.20 Å². The van der Waals surface area contributed by atoms with Gasteiger partial charge in [0.05, 0.1) is 17.9 Å². The Bertz CT molecular complexity index is 2290. The molecule has 3 aliphatic rings. The maximum atomic E-state index is 14.0. The molecule has 0 bridgehead atoms. The lowest BCUT2D eigenvalue weighted by atomic mass is 10.0. The van der Waals surface area contributed by atoms with E-state index in [2.05, 4.69) is 26.3 Å². The summed E-state index contributed by atoms with van der Waals surface area (Å²) in [7, 11) is 0. The SMILES string of the molecule is O=C(CCCCNC(=O)C(NC(=O)C1CC1)c1ccccc1)Nc1ccc(-c2ccc(-c3cnc(C4CCCN4C(=O)C(NC(=O)C4CC4)c4ccccc4)[nH]3)cc2)cc1. The number of imidazole rings is 1. The van der Waals surface area contributed by atoms with Crippen LogP contribution in [0, 0.1) is 11.8 Å². The molecule has 8 rings (SSSR count). The fourth-order valence-electron chi connectivity index (χ4n) is 7.76. The van der Waals surface area contributed by atoms with E-state index in [-0.39, 0.29) is 47.4 Å². The lowest BCUT2D eigenvalue weighted by molar-refractivity contribution is -0.137. The third kappa shape index (κ3) is 9.99. The average Bonchev–Trinajstić information content (AvgIpc) is 4.22. The topological polar surface area (TPSA) is 165 Å². The second-order valence-electron chi connectivity index (χ2n) is 16.1. The van der Waals surface area contributed by atoms with Gasteiger partial charge in [0.25, 0.3) is 0 Å². The van der Waals surface area contributed by atoms with Gasteiger partial charge in [0.2, 0.25) is 29.5 Å². The number of hydrogen-bond acceptors (Lipinski definition) is 6. The summed E-state index contributed by atoms with van der Waals surface area (Å²) in [5.41, 5.74) is 6.06. The number of hydrogen-bond donors (Lipinski definition) is 5. The maximum absolute atomic E-state index is 14.0. The van der Waals surface area contributed by atoms with Gasteiger partial charge in [-0.3, -0.25) is 24.0 Å². The average molecular weight is 806 g/mol. The molecule has 0 spiro atoms. The molecule has 3 unspecified atom stereocenters. The van der Waals surface area contributed by atoms with Gasteiger partial charge in [-0.1, -0.05) is 97.1 Å². The van der Waals surface area contributed by atoms with E-state index in [4.69, 9.17) is 4.98 Å². The first-order chi connectivity index (χ1) is 29.3. The summed E-state index contributed by atoms with van der Waals surface area (Å²) in [6.07, 6.45) is 8.44. The zero-order chi connectivity index (χ0) is 41.4. The zero-order valence-electron chi connectivity index (χ0n) is 33.6. The number of nitrogens with one attached hydrogen (secondary N) is 5. The lowest BCUT2D eigenvalue weighted by Gasteiger charge is -2.28. The van der Waals surface area contributed by atoms with Gasteiger partial charge in [-0.15, -0.1) is 0 Å². The van der Waals surface area contributed by atoms with Crippen LogP contribution in [0.3, 0.4) is 0 Å². The van der Waals surface area contributed by atoms with Gasteiger partial charge in [0, 0.05) is 37.0 Å². The van der Waals surface area contributed by atoms with Crippen molar-refractivity contribution < 1.29 is 24.0 Å². The van der Waals surface area contributed by atoms with Crippen LogP contribution in [0.25, 0.3) is 22.4 Å². The third-order valence-corrected chi connectivity index (χ3v) is 11.5. The molecular weight excluding hydrogens is 755 g/mol. The van der Waals surface area contributed by atoms with Crippen molar-refractivity contribution in [2.45, 2.75) is 75.9 Å². The fraction of sp³-hybridized carbons (Fsp3) is 0.333. The van der Waals surface area contributed by atoms with Crippen molar-refractivity contribution in [1.29, 1.82) is 0 Å². The molecule has 1 aliphatic heterocycles. The number of likely N-dealkylation sites (tertiary alicyclic amines) is 1. The highest BCUT2D eigenvalue weighted by Gasteiger charge is 2.39. The molecule has 5 amide bonds. The monoisotopic (exact) mass is 805 g/mol. The fourth-order valence-corrected chi connectivity index (χ4v) is 7.76. The van der Waals surface area contributed by atoms with Crippen molar-refractivity contribution in [2.24, 2.45) is 11.8 Å². The highest BCUT2D eigenvalue weighted by atomic mass is 16.2. The largest absolute Gasteiger partial charge is 0.354 e. The minimum Gasteiger partial charge on any atom is -0.354 e. The van der Waals surface area contributed by atoms with E-state index < -0.39 is 12.1 Å². The third-order valence-electron chi connectivity index (χ3n) is 11.5. The maximum Gasteiger partial charge on any atom is 0.250 e. The van der Waals surface area contributed by atoms with Gasteiger partial charge in [-0.05, 0) is 91.3 Å². The van der Waals surface area contributed by atoms with E-state index in [0.29, 0.717) is 38.0 Å². The van der Waals surface area contributed by atoms with E-state index >= 15 is 0 Å². The Hall–Kier alpha value is -6.56. The summed E-state index contributed by atoms with van der Waals surface area (Å²) in [4.78, 5) is 75.0. The Balaban J connectivity index is 0.806. The first-order valence-electron chi connectivity index (χ1n) is 21.1. The van der Waals surface area contributed by atoms with Gasteiger partial charge in [-0.25, -0.2) is 4.98 Å². The molecule has 12 heteroatoms. The number of amides is 5. The van der Waals surface area contributed by atoms with Crippen molar-refractivity contribution in [1.82, 2.24) is 30.8 Å². The predicted octanol–water partition coefficient (Wildman–Crippen LogP) is 7.17. The van der Waals surface area contributed by atoms with E-state index in [1.165, 1.54) is 0 Å². The van der Waals surface area contributed by atoms with Crippen LogP contribution < -0.4 is 21.3 Å². The van der Waals surface area contributed by atoms with Gasteiger partial charge in [0.1, 0.15) is 17.9 Å². The van der Waals surface area contributed by atoms with Crippen molar-refractivity contribution in [3.8, 4) is 22.4 Å². The molecule has 2 heterocycles. The van der Waals surface area contributed by atoms with Gasteiger partial charge >= 0.3 is 0 Å². The summed E-state index contributed by atoms with van der Waals surface area (Å²) >= 11 is 0. The second-order valence-corrected chi connectivity index (χ2v) is 16.1. The smallest absolute Gasteiger partial charge is 0.250 e. The molecule has 1 saturated heterocycles. The number of nitrogens with zero attached hydrogens (tertiary/aromatic N) is 2. The van der Waals surface area contributed by atoms with Crippen molar-refractivity contribution in [2.75, 3.05) is 18.4 Å². The van der Waals surface area contributed by atoms with E-state index in [1.807, 2.05) is 114 Å². The normalized spacial score (nSPS) is 17.0. The molecule has 1 aromatic heterocycles. The number of aromatic nitrogens is 2. The molecular formula is C48H51N7O5. The number of carbonyl (C=O) groups excluding carboxylic acids is 5. The first kappa shape index (κ1) is 40.2. The quantitative estimate of drug-likeness (QED) is 0.0626. The van der Waals surface area contributed by atoms with Gasteiger partial charge in [-0.2, -0.15) is 0 Å². The van der Waals surface area contributed by atoms with Crippen molar-refractivity contribution in [3.05, 3.63) is 132 Å². The van der Waals surface area contributed by atoms with Gasteiger partial charge < -0.3 is 31.2 Å². The molecule has 3 atom stereocenters.